The van der Waals surface area contributed by atoms with Crippen LogP contribution in [0.25, 0.3) is 0 Å². The maximum absolute atomic E-state index is 11.8. The van der Waals surface area contributed by atoms with Crippen molar-refractivity contribution in [2.24, 2.45) is 0 Å². The summed E-state index contributed by atoms with van der Waals surface area (Å²) in [7, 11) is -1.57. The summed E-state index contributed by atoms with van der Waals surface area (Å²) in [5.74, 6) is 0. The normalized spacial score (nSPS) is 11.4. The van der Waals surface area contributed by atoms with E-state index in [9.17, 15) is 8.42 Å². The molecular formula is C12H16N4O2S. The molecular weight excluding hydrogens is 264 g/mol. The van der Waals surface area contributed by atoms with Gasteiger partial charge in [-0.05, 0) is 12.1 Å². The fourth-order valence-corrected chi connectivity index (χ4v) is 2.55. The third-order valence-electron chi connectivity index (χ3n) is 2.70. The summed E-state index contributed by atoms with van der Waals surface area (Å²) in [4.78, 5) is 8.25. The molecule has 2 rings (SSSR count). The van der Waals surface area contributed by atoms with Crippen molar-refractivity contribution in [2.45, 2.75) is 5.03 Å². The van der Waals surface area contributed by atoms with Gasteiger partial charge in [-0.2, -0.15) is 0 Å². The van der Waals surface area contributed by atoms with Crippen LogP contribution in [-0.2, 0) is 10.0 Å². The van der Waals surface area contributed by atoms with Gasteiger partial charge in [-0.25, -0.2) is 18.1 Å². The molecule has 0 spiro atoms. The zero-order valence-electron chi connectivity index (χ0n) is 10.6. The molecule has 0 saturated heterocycles. The molecule has 0 unspecified atom stereocenters. The van der Waals surface area contributed by atoms with E-state index in [-0.39, 0.29) is 5.03 Å². The van der Waals surface area contributed by atoms with Gasteiger partial charge in [-0.15, -0.1) is 0 Å². The zero-order valence-corrected chi connectivity index (χ0v) is 11.4. The van der Waals surface area contributed by atoms with Crippen LogP contribution in [0.5, 0.6) is 0 Å². The number of rotatable bonds is 6. The van der Waals surface area contributed by atoms with Gasteiger partial charge >= 0.3 is 0 Å². The average Bonchev–Trinajstić information content (AvgIpc) is 2.94. The van der Waals surface area contributed by atoms with Crippen molar-refractivity contribution in [3.05, 3.63) is 42.9 Å². The van der Waals surface area contributed by atoms with Crippen LogP contribution < -0.4 is 9.62 Å². The Balaban J connectivity index is 1.87. The molecule has 2 aromatic rings. The van der Waals surface area contributed by atoms with Gasteiger partial charge in [0.2, 0.25) is 0 Å². The maximum Gasteiger partial charge on any atom is 0.257 e. The van der Waals surface area contributed by atoms with Crippen molar-refractivity contribution in [1.29, 1.82) is 0 Å². The topological polar surface area (TPSA) is 78.1 Å². The summed E-state index contributed by atoms with van der Waals surface area (Å²) < 4.78 is 26.1. The predicted molar refractivity (Wildman–Crippen MR) is 73.5 cm³/mol. The van der Waals surface area contributed by atoms with Gasteiger partial charge in [0.15, 0.2) is 5.03 Å². The van der Waals surface area contributed by atoms with Crippen LogP contribution in [-0.4, -0.2) is 38.5 Å². The molecule has 0 bridgehead atoms. The zero-order chi connectivity index (χ0) is 13.7. The highest BCUT2D eigenvalue weighted by molar-refractivity contribution is 7.89. The minimum Gasteiger partial charge on any atom is -0.373 e. The van der Waals surface area contributed by atoms with Gasteiger partial charge in [0, 0.05) is 25.8 Å². The standard InChI is InChI=1S/C12H16N4O2S/c1-16(11-5-3-2-4-6-11)8-7-15-19(17,18)12-9-13-10-14-12/h2-6,9-10,15H,7-8H2,1H3,(H,13,14). The summed E-state index contributed by atoms with van der Waals surface area (Å²) in [6.07, 6.45) is 2.62. The molecule has 0 amide bonds. The van der Waals surface area contributed by atoms with E-state index in [1.165, 1.54) is 12.5 Å². The second-order valence-electron chi connectivity index (χ2n) is 4.07. The van der Waals surface area contributed by atoms with Crippen molar-refractivity contribution in [3.63, 3.8) is 0 Å². The molecule has 0 saturated carbocycles. The number of hydrogen-bond acceptors (Lipinski definition) is 4. The number of sulfonamides is 1. The maximum atomic E-state index is 11.8. The summed E-state index contributed by atoms with van der Waals surface area (Å²) in [5.41, 5.74) is 1.04. The number of nitrogens with zero attached hydrogens (tertiary/aromatic N) is 2. The lowest BCUT2D eigenvalue weighted by Gasteiger charge is -2.19. The molecule has 0 aliphatic carbocycles. The van der Waals surface area contributed by atoms with E-state index in [4.69, 9.17) is 0 Å². The van der Waals surface area contributed by atoms with E-state index in [1.54, 1.807) is 0 Å². The molecule has 2 N–H and O–H groups in total. The van der Waals surface area contributed by atoms with Crippen LogP contribution in [0.3, 0.4) is 0 Å². The summed E-state index contributed by atoms with van der Waals surface area (Å²) >= 11 is 0. The highest BCUT2D eigenvalue weighted by Gasteiger charge is 2.14. The number of imidazole rings is 1. The summed E-state index contributed by atoms with van der Waals surface area (Å²) in [6.45, 7) is 0.907. The van der Waals surface area contributed by atoms with Crippen molar-refractivity contribution >= 4 is 15.7 Å². The Kier molecular flexibility index (Phi) is 4.18. The molecule has 1 heterocycles. The Labute approximate surface area is 112 Å². The highest BCUT2D eigenvalue weighted by atomic mass is 32.2. The molecule has 0 fully saturated rings. The lowest BCUT2D eigenvalue weighted by atomic mass is 10.3. The lowest BCUT2D eigenvalue weighted by molar-refractivity contribution is 0.578. The van der Waals surface area contributed by atoms with Crippen LogP contribution in [0.15, 0.2) is 47.9 Å². The predicted octanol–water partition coefficient (Wildman–Crippen LogP) is 0.824. The van der Waals surface area contributed by atoms with Gasteiger partial charge < -0.3 is 9.88 Å². The van der Waals surface area contributed by atoms with Gasteiger partial charge in [0.05, 0.1) is 12.5 Å². The first-order chi connectivity index (χ1) is 9.09. The van der Waals surface area contributed by atoms with Gasteiger partial charge in [-0.3, -0.25) is 0 Å². The van der Waals surface area contributed by atoms with Crippen LogP contribution in [0.1, 0.15) is 0 Å². The Bertz CT molecular complexity index is 596. The van der Waals surface area contributed by atoms with Crippen molar-refractivity contribution < 1.29 is 8.42 Å². The van der Waals surface area contributed by atoms with Gasteiger partial charge in [0.25, 0.3) is 10.0 Å². The monoisotopic (exact) mass is 280 g/mol. The number of anilines is 1. The molecule has 0 aliphatic heterocycles. The molecule has 6 nitrogen and oxygen atoms in total. The van der Waals surface area contributed by atoms with E-state index in [2.05, 4.69) is 14.7 Å². The molecule has 0 atom stereocenters. The average molecular weight is 280 g/mol. The Hall–Kier alpha value is -1.86. The highest BCUT2D eigenvalue weighted by Crippen LogP contribution is 2.10. The molecule has 0 radical (unpaired) electrons. The van der Waals surface area contributed by atoms with E-state index in [0.717, 1.165) is 5.69 Å². The van der Waals surface area contributed by atoms with Crippen molar-refractivity contribution in [1.82, 2.24) is 14.7 Å². The first-order valence-electron chi connectivity index (χ1n) is 5.84. The number of hydrogen-bond donors (Lipinski definition) is 2. The van der Waals surface area contributed by atoms with E-state index < -0.39 is 10.0 Å². The summed E-state index contributed by atoms with van der Waals surface area (Å²) in [6, 6.07) is 9.78. The van der Waals surface area contributed by atoms with Gasteiger partial charge in [0.1, 0.15) is 0 Å². The number of aromatic amines is 1. The molecule has 102 valence electrons. The van der Waals surface area contributed by atoms with Crippen molar-refractivity contribution in [2.75, 3.05) is 25.0 Å². The number of aromatic nitrogens is 2. The number of H-pyrrole nitrogens is 1. The third-order valence-corrected chi connectivity index (χ3v) is 4.09. The van der Waals surface area contributed by atoms with Crippen molar-refractivity contribution in [3.8, 4) is 0 Å². The fourth-order valence-electron chi connectivity index (χ4n) is 1.63. The Morgan fingerprint density at radius 3 is 2.68 bits per heavy atom. The number of nitrogens with one attached hydrogen (secondary N) is 2. The third kappa shape index (κ3) is 3.55. The van der Waals surface area contributed by atoms with E-state index in [0.29, 0.717) is 13.1 Å². The number of benzene rings is 1. The quantitative estimate of drug-likeness (QED) is 0.821. The number of likely N-dealkylation sites (N-methyl/N-ethyl adjacent to an activating group) is 1. The first-order valence-corrected chi connectivity index (χ1v) is 7.32. The molecule has 1 aromatic heterocycles. The Morgan fingerprint density at radius 1 is 1.32 bits per heavy atom. The minimum atomic E-state index is -3.49. The van der Waals surface area contributed by atoms with Crippen LogP contribution in [0.2, 0.25) is 0 Å². The van der Waals surface area contributed by atoms with E-state index >= 15 is 0 Å². The minimum absolute atomic E-state index is 0.0786. The van der Waals surface area contributed by atoms with Gasteiger partial charge in [-0.1, -0.05) is 18.2 Å². The smallest absolute Gasteiger partial charge is 0.257 e. The van der Waals surface area contributed by atoms with Crippen LogP contribution in [0, 0.1) is 0 Å². The second-order valence-corrected chi connectivity index (χ2v) is 5.81. The summed E-state index contributed by atoms with van der Waals surface area (Å²) in [5, 5.41) is 0.0786. The largest absolute Gasteiger partial charge is 0.373 e. The van der Waals surface area contributed by atoms with Crippen LogP contribution >= 0.6 is 0 Å². The SMILES string of the molecule is CN(CCNS(=O)(=O)c1cnc[nH]1)c1ccccc1. The molecule has 0 aliphatic rings. The Morgan fingerprint density at radius 2 is 2.05 bits per heavy atom. The lowest BCUT2D eigenvalue weighted by Crippen LogP contribution is -2.33. The van der Waals surface area contributed by atoms with Crippen LogP contribution in [0.4, 0.5) is 5.69 Å². The number of para-hydroxylation sites is 1. The van der Waals surface area contributed by atoms with E-state index in [1.807, 2.05) is 42.3 Å². The second kappa shape index (κ2) is 5.85. The first kappa shape index (κ1) is 13.6. The molecule has 7 heteroatoms. The molecule has 1 aromatic carbocycles. The molecule has 19 heavy (non-hydrogen) atoms. The fraction of sp³-hybridized carbons (Fsp3) is 0.250.